The van der Waals surface area contributed by atoms with Crippen molar-refractivity contribution in [3.8, 4) is 0 Å². The molecule has 2 aliphatic heterocycles. The molecule has 2 saturated heterocycles. The zero-order valence-electron chi connectivity index (χ0n) is 10.2. The fourth-order valence-corrected chi connectivity index (χ4v) is 2.26. The fourth-order valence-electron chi connectivity index (χ4n) is 2.26. The largest absolute Gasteiger partial charge is 0.444 e. The Morgan fingerprint density at radius 3 is 2.76 bits per heavy atom. The lowest BCUT2D eigenvalue weighted by Crippen LogP contribution is -2.46. The Morgan fingerprint density at radius 2 is 2.18 bits per heavy atom. The number of fused-ring (bicyclic) bond motifs is 1. The van der Waals surface area contributed by atoms with Gasteiger partial charge in [0.2, 0.25) is 0 Å². The number of carbonyl (C=O) groups excluding carboxylic acids is 1. The molecule has 2 heterocycles. The fraction of sp³-hybridized carbons (Fsp3) is 0.909. The van der Waals surface area contributed by atoms with Gasteiger partial charge >= 0.3 is 6.09 Å². The molecule has 2 aliphatic rings. The van der Waals surface area contributed by atoms with Gasteiger partial charge in [0.25, 0.3) is 0 Å². The van der Waals surface area contributed by atoms with E-state index in [1.165, 1.54) is 4.90 Å². The summed E-state index contributed by atoms with van der Waals surface area (Å²) in [6.07, 6.45) is -3.42. The van der Waals surface area contributed by atoms with Crippen LogP contribution in [0.4, 0.5) is 9.18 Å². The van der Waals surface area contributed by atoms with Gasteiger partial charge in [-0.3, -0.25) is 4.90 Å². The number of amides is 1. The van der Waals surface area contributed by atoms with E-state index in [4.69, 9.17) is 9.47 Å². The van der Waals surface area contributed by atoms with Crippen LogP contribution in [-0.4, -0.2) is 59.3 Å². The number of aliphatic hydroxyl groups excluding tert-OH is 1. The summed E-state index contributed by atoms with van der Waals surface area (Å²) in [5, 5.41) is 9.69. The SMILES string of the molecule is CC(C)(C)OC(=O)N1CC(F)[C@H]2OCC(O)C21. The maximum Gasteiger partial charge on any atom is 0.410 e. The molecule has 1 amide bonds. The van der Waals surface area contributed by atoms with Crippen molar-refractivity contribution in [3.05, 3.63) is 0 Å². The first kappa shape index (κ1) is 12.6. The van der Waals surface area contributed by atoms with Gasteiger partial charge in [-0.1, -0.05) is 0 Å². The van der Waals surface area contributed by atoms with Gasteiger partial charge in [0.1, 0.15) is 24.0 Å². The topological polar surface area (TPSA) is 59.0 Å². The summed E-state index contributed by atoms with van der Waals surface area (Å²) in [6.45, 7) is 5.21. The van der Waals surface area contributed by atoms with Crippen molar-refractivity contribution in [2.24, 2.45) is 0 Å². The molecule has 4 atom stereocenters. The van der Waals surface area contributed by atoms with Crippen molar-refractivity contribution in [1.29, 1.82) is 0 Å². The van der Waals surface area contributed by atoms with Gasteiger partial charge in [0.15, 0.2) is 0 Å². The normalized spacial score (nSPS) is 37.1. The molecule has 6 heteroatoms. The number of aliphatic hydroxyl groups is 1. The molecule has 0 radical (unpaired) electrons. The first-order valence-electron chi connectivity index (χ1n) is 5.73. The number of hydrogen-bond donors (Lipinski definition) is 1. The van der Waals surface area contributed by atoms with E-state index in [1.807, 2.05) is 0 Å². The number of nitrogens with zero attached hydrogens (tertiary/aromatic N) is 1. The number of alkyl halides is 1. The predicted molar refractivity (Wildman–Crippen MR) is 57.4 cm³/mol. The van der Waals surface area contributed by atoms with Crippen LogP contribution in [0.2, 0.25) is 0 Å². The Kier molecular flexibility index (Phi) is 3.03. The van der Waals surface area contributed by atoms with E-state index in [0.717, 1.165) is 0 Å². The van der Waals surface area contributed by atoms with E-state index in [-0.39, 0.29) is 13.2 Å². The average molecular weight is 247 g/mol. The van der Waals surface area contributed by atoms with Gasteiger partial charge in [-0.2, -0.15) is 0 Å². The number of halogens is 1. The highest BCUT2D eigenvalue weighted by Crippen LogP contribution is 2.32. The lowest BCUT2D eigenvalue weighted by Gasteiger charge is -2.28. The summed E-state index contributed by atoms with van der Waals surface area (Å²) in [5.74, 6) is 0. The van der Waals surface area contributed by atoms with Crippen LogP contribution in [0, 0.1) is 0 Å². The summed E-state index contributed by atoms with van der Waals surface area (Å²) < 4.78 is 23.9. The maximum absolute atomic E-state index is 13.6. The molecule has 98 valence electrons. The van der Waals surface area contributed by atoms with E-state index >= 15 is 0 Å². The summed E-state index contributed by atoms with van der Waals surface area (Å²) in [5.41, 5.74) is -0.634. The molecule has 2 fully saturated rings. The second kappa shape index (κ2) is 4.10. The standard InChI is InChI=1S/C11H18FNO4/c1-11(2,3)17-10(15)13-4-6(12)9-8(13)7(14)5-16-9/h6-9,14H,4-5H2,1-3H3/t6?,7?,8?,9-/m1/s1. The van der Waals surface area contributed by atoms with Gasteiger partial charge < -0.3 is 14.6 Å². The summed E-state index contributed by atoms with van der Waals surface area (Å²) in [4.78, 5) is 13.1. The predicted octanol–water partition coefficient (Wildman–Crippen LogP) is 0.704. The van der Waals surface area contributed by atoms with Crippen LogP contribution in [0.25, 0.3) is 0 Å². The minimum Gasteiger partial charge on any atom is -0.444 e. The van der Waals surface area contributed by atoms with E-state index in [2.05, 4.69) is 0 Å². The van der Waals surface area contributed by atoms with Gasteiger partial charge in [-0.05, 0) is 20.8 Å². The van der Waals surface area contributed by atoms with Crippen LogP contribution >= 0.6 is 0 Å². The lowest BCUT2D eigenvalue weighted by molar-refractivity contribution is 0.00976. The minimum absolute atomic E-state index is 0.0645. The molecule has 17 heavy (non-hydrogen) atoms. The maximum atomic E-state index is 13.6. The Hall–Kier alpha value is -0.880. The molecule has 1 N–H and O–H groups in total. The molecule has 0 bridgehead atoms. The van der Waals surface area contributed by atoms with Gasteiger partial charge in [0.05, 0.1) is 19.2 Å². The minimum atomic E-state index is -1.26. The molecule has 0 saturated carbocycles. The Labute approximate surface area is 99.5 Å². The first-order valence-corrected chi connectivity index (χ1v) is 5.73. The summed E-state index contributed by atoms with van der Waals surface area (Å²) in [7, 11) is 0. The van der Waals surface area contributed by atoms with Crippen LogP contribution < -0.4 is 0 Å². The van der Waals surface area contributed by atoms with E-state index in [0.29, 0.717) is 0 Å². The van der Waals surface area contributed by atoms with Crippen LogP contribution in [0.3, 0.4) is 0 Å². The van der Waals surface area contributed by atoms with Crippen LogP contribution in [0.1, 0.15) is 20.8 Å². The number of carbonyl (C=O) groups is 1. The molecule has 3 unspecified atom stereocenters. The Balaban J connectivity index is 2.08. The second-order valence-electron chi connectivity index (χ2n) is 5.50. The third-order valence-corrected chi connectivity index (χ3v) is 2.91. The van der Waals surface area contributed by atoms with E-state index in [1.54, 1.807) is 20.8 Å². The van der Waals surface area contributed by atoms with E-state index < -0.39 is 36.1 Å². The van der Waals surface area contributed by atoms with Gasteiger partial charge in [0, 0.05) is 0 Å². The van der Waals surface area contributed by atoms with Crippen LogP contribution in [-0.2, 0) is 9.47 Å². The number of ether oxygens (including phenoxy) is 2. The van der Waals surface area contributed by atoms with Crippen molar-refractivity contribution in [2.75, 3.05) is 13.2 Å². The monoisotopic (exact) mass is 247 g/mol. The molecule has 0 aromatic heterocycles. The third kappa shape index (κ3) is 2.37. The van der Waals surface area contributed by atoms with Crippen LogP contribution in [0.15, 0.2) is 0 Å². The van der Waals surface area contributed by atoms with Gasteiger partial charge in [-0.25, -0.2) is 9.18 Å². The molecule has 2 rings (SSSR count). The van der Waals surface area contributed by atoms with Crippen molar-refractivity contribution >= 4 is 6.09 Å². The summed E-state index contributed by atoms with van der Waals surface area (Å²) in [6, 6.07) is -0.625. The molecule has 0 spiro atoms. The Morgan fingerprint density at radius 1 is 1.53 bits per heavy atom. The second-order valence-corrected chi connectivity index (χ2v) is 5.50. The third-order valence-electron chi connectivity index (χ3n) is 2.91. The molecular formula is C11H18FNO4. The van der Waals surface area contributed by atoms with Crippen molar-refractivity contribution in [1.82, 2.24) is 4.90 Å². The molecular weight excluding hydrogens is 229 g/mol. The van der Waals surface area contributed by atoms with Crippen molar-refractivity contribution in [2.45, 2.75) is 50.8 Å². The van der Waals surface area contributed by atoms with Crippen molar-refractivity contribution in [3.63, 3.8) is 0 Å². The zero-order chi connectivity index (χ0) is 12.8. The highest BCUT2D eigenvalue weighted by molar-refractivity contribution is 5.69. The molecule has 0 aromatic carbocycles. The highest BCUT2D eigenvalue weighted by Gasteiger charge is 2.53. The summed E-state index contributed by atoms with van der Waals surface area (Å²) >= 11 is 0. The quantitative estimate of drug-likeness (QED) is 0.684. The molecule has 0 aliphatic carbocycles. The molecule has 0 aromatic rings. The number of likely N-dealkylation sites (tertiary alicyclic amines) is 1. The highest BCUT2D eigenvalue weighted by atomic mass is 19.1. The number of rotatable bonds is 0. The number of hydrogen-bond acceptors (Lipinski definition) is 4. The average Bonchev–Trinajstić information content (AvgIpc) is 2.67. The van der Waals surface area contributed by atoms with E-state index in [9.17, 15) is 14.3 Å². The zero-order valence-corrected chi connectivity index (χ0v) is 10.2. The smallest absolute Gasteiger partial charge is 0.410 e. The van der Waals surface area contributed by atoms with Crippen molar-refractivity contribution < 1.29 is 23.8 Å². The lowest BCUT2D eigenvalue weighted by atomic mass is 10.1. The van der Waals surface area contributed by atoms with Crippen LogP contribution in [0.5, 0.6) is 0 Å². The Bertz CT molecular complexity index is 317. The van der Waals surface area contributed by atoms with Gasteiger partial charge in [-0.15, -0.1) is 0 Å². The molecule has 5 nitrogen and oxygen atoms in total. The first-order chi connectivity index (χ1) is 7.79.